The van der Waals surface area contributed by atoms with Crippen LogP contribution in [0.15, 0.2) is 64.5 Å². The third kappa shape index (κ3) is 5.50. The van der Waals surface area contributed by atoms with Crippen molar-refractivity contribution in [3.05, 3.63) is 71.4 Å². The van der Waals surface area contributed by atoms with Crippen molar-refractivity contribution < 1.29 is 14.3 Å². The average molecular weight is 464 g/mol. The molecule has 0 unspecified atom stereocenters. The summed E-state index contributed by atoms with van der Waals surface area (Å²) in [5, 5.41) is 0. The second kappa shape index (κ2) is 10.0. The van der Waals surface area contributed by atoms with Gasteiger partial charge in [-0.3, -0.25) is 9.59 Å². The first-order chi connectivity index (χ1) is 15.9. The van der Waals surface area contributed by atoms with Crippen molar-refractivity contribution in [2.75, 3.05) is 32.1 Å². The zero-order valence-corrected chi connectivity index (χ0v) is 19.3. The number of nitrogens with zero attached hydrogens (tertiary/aromatic N) is 4. The first-order valence-electron chi connectivity index (χ1n) is 10.5. The van der Waals surface area contributed by atoms with Gasteiger partial charge in [-0.1, -0.05) is 30.0 Å². The summed E-state index contributed by atoms with van der Waals surface area (Å²) < 4.78 is 6.09. The lowest BCUT2D eigenvalue weighted by Crippen LogP contribution is -2.58. The summed E-state index contributed by atoms with van der Waals surface area (Å²) in [6.07, 6.45) is 2.57. The number of carbonyl (C=O) groups is 2. The molecule has 0 aliphatic carbocycles. The molecule has 170 valence electrons. The van der Waals surface area contributed by atoms with E-state index in [1.807, 2.05) is 24.3 Å². The standard InChI is InChI=1S/C24H25N5O3S/c1-28(2)19-12-29(13-19)24-26-11-21(33-20-8-6-18(7-9-20)22(25)31)23(27-24)32-15-17-5-3-4-16(10-17)14-30/h3-11,14,19H,12-13,15H2,1-2H3,(H2,25,31). The number of hydrogen-bond acceptors (Lipinski definition) is 8. The van der Waals surface area contributed by atoms with Gasteiger partial charge in [-0.15, -0.1) is 0 Å². The Kier molecular flexibility index (Phi) is 6.90. The Bertz CT molecular complexity index is 1150. The molecule has 2 aromatic carbocycles. The van der Waals surface area contributed by atoms with Crippen LogP contribution < -0.4 is 15.4 Å². The maximum atomic E-state index is 11.3. The Balaban J connectivity index is 1.56. The number of anilines is 1. The molecule has 2 heterocycles. The minimum atomic E-state index is -0.466. The smallest absolute Gasteiger partial charge is 0.248 e. The van der Waals surface area contributed by atoms with E-state index < -0.39 is 5.91 Å². The van der Waals surface area contributed by atoms with Crippen LogP contribution in [0.3, 0.4) is 0 Å². The van der Waals surface area contributed by atoms with Crippen LogP contribution in [0.5, 0.6) is 5.88 Å². The van der Waals surface area contributed by atoms with Crippen LogP contribution in [0.4, 0.5) is 5.95 Å². The molecule has 3 aromatic rings. The minimum absolute atomic E-state index is 0.270. The predicted octanol–water partition coefficient (Wildman–Crippen LogP) is 2.87. The molecule has 9 heteroatoms. The van der Waals surface area contributed by atoms with Gasteiger partial charge in [-0.05, 0) is 50.0 Å². The van der Waals surface area contributed by atoms with Crippen LogP contribution >= 0.6 is 11.8 Å². The fourth-order valence-corrected chi connectivity index (χ4v) is 4.16. The normalized spacial score (nSPS) is 13.6. The Hall–Kier alpha value is -3.43. The molecule has 0 spiro atoms. The molecular weight excluding hydrogens is 438 g/mol. The second-order valence-corrected chi connectivity index (χ2v) is 9.12. The third-order valence-electron chi connectivity index (χ3n) is 5.41. The summed E-state index contributed by atoms with van der Waals surface area (Å²) in [5.74, 6) is 0.623. The van der Waals surface area contributed by atoms with Gasteiger partial charge in [-0.25, -0.2) is 4.98 Å². The van der Waals surface area contributed by atoms with Gasteiger partial charge in [-0.2, -0.15) is 4.98 Å². The number of hydrogen-bond donors (Lipinski definition) is 1. The molecule has 0 atom stereocenters. The van der Waals surface area contributed by atoms with Gasteiger partial charge < -0.3 is 20.3 Å². The van der Waals surface area contributed by atoms with Crippen LogP contribution in [0, 0.1) is 0 Å². The Morgan fingerprint density at radius 2 is 2.00 bits per heavy atom. The van der Waals surface area contributed by atoms with Gasteiger partial charge in [0, 0.05) is 35.2 Å². The van der Waals surface area contributed by atoms with Crippen LogP contribution in [0.2, 0.25) is 0 Å². The lowest BCUT2D eigenvalue weighted by molar-refractivity contribution is 0.0999. The van der Waals surface area contributed by atoms with Crippen LogP contribution in [-0.2, 0) is 6.61 Å². The summed E-state index contributed by atoms with van der Waals surface area (Å²) in [4.78, 5) is 37.6. The van der Waals surface area contributed by atoms with E-state index >= 15 is 0 Å². The van der Waals surface area contributed by atoms with E-state index in [-0.39, 0.29) is 6.61 Å². The van der Waals surface area contributed by atoms with E-state index in [2.05, 4.69) is 28.9 Å². The van der Waals surface area contributed by atoms with E-state index in [4.69, 9.17) is 15.5 Å². The highest BCUT2D eigenvalue weighted by Gasteiger charge is 2.30. The summed E-state index contributed by atoms with van der Waals surface area (Å²) in [5.41, 5.74) is 7.25. The van der Waals surface area contributed by atoms with Gasteiger partial charge in [0.25, 0.3) is 0 Å². The Labute approximate surface area is 196 Å². The molecule has 2 N–H and O–H groups in total. The summed E-state index contributed by atoms with van der Waals surface area (Å²) >= 11 is 1.44. The minimum Gasteiger partial charge on any atom is -0.472 e. The third-order valence-corrected chi connectivity index (χ3v) is 6.42. The predicted molar refractivity (Wildman–Crippen MR) is 127 cm³/mol. The Morgan fingerprint density at radius 1 is 1.24 bits per heavy atom. The molecule has 1 amide bonds. The van der Waals surface area contributed by atoms with E-state index in [1.54, 1.807) is 30.5 Å². The average Bonchev–Trinajstić information content (AvgIpc) is 2.78. The number of likely N-dealkylation sites (N-methyl/N-ethyl adjacent to an activating group) is 1. The molecule has 0 bridgehead atoms. The molecule has 33 heavy (non-hydrogen) atoms. The topological polar surface area (TPSA) is 102 Å². The van der Waals surface area contributed by atoms with E-state index in [9.17, 15) is 9.59 Å². The number of ether oxygens (including phenoxy) is 1. The number of carbonyl (C=O) groups excluding carboxylic acids is 2. The molecule has 8 nitrogen and oxygen atoms in total. The molecular formula is C24H25N5O3S. The van der Waals surface area contributed by atoms with Crippen LogP contribution in [0.25, 0.3) is 0 Å². The lowest BCUT2D eigenvalue weighted by Gasteiger charge is -2.42. The van der Waals surface area contributed by atoms with Crippen molar-refractivity contribution in [2.24, 2.45) is 5.73 Å². The molecule has 1 fully saturated rings. The molecule has 1 aliphatic heterocycles. The zero-order valence-electron chi connectivity index (χ0n) is 18.5. The fourth-order valence-electron chi connectivity index (χ4n) is 3.34. The highest BCUT2D eigenvalue weighted by molar-refractivity contribution is 7.99. The molecule has 1 aromatic heterocycles. The number of benzene rings is 2. The van der Waals surface area contributed by atoms with E-state index in [1.165, 1.54) is 11.8 Å². The van der Waals surface area contributed by atoms with Gasteiger partial charge in [0.15, 0.2) is 0 Å². The van der Waals surface area contributed by atoms with Crippen LogP contribution in [-0.4, -0.2) is 60.3 Å². The lowest BCUT2D eigenvalue weighted by atomic mass is 10.1. The van der Waals surface area contributed by atoms with Gasteiger partial charge in [0.1, 0.15) is 12.9 Å². The SMILES string of the molecule is CN(C)C1CN(c2ncc(Sc3ccc(C(N)=O)cc3)c(OCc3cccc(C=O)c3)n2)C1. The highest BCUT2D eigenvalue weighted by atomic mass is 32.2. The van der Waals surface area contributed by atoms with Gasteiger partial charge >= 0.3 is 0 Å². The first-order valence-corrected chi connectivity index (χ1v) is 11.3. The van der Waals surface area contributed by atoms with E-state index in [0.29, 0.717) is 29.0 Å². The van der Waals surface area contributed by atoms with Crippen molar-refractivity contribution in [1.82, 2.24) is 14.9 Å². The summed E-state index contributed by atoms with van der Waals surface area (Å²) in [7, 11) is 4.13. The Morgan fingerprint density at radius 3 is 2.67 bits per heavy atom. The first kappa shape index (κ1) is 22.8. The molecule has 0 radical (unpaired) electrons. The summed E-state index contributed by atoms with van der Waals surface area (Å²) in [6, 6.07) is 14.8. The van der Waals surface area contributed by atoms with Gasteiger partial charge in [0.05, 0.1) is 11.1 Å². The quantitative estimate of drug-likeness (QED) is 0.484. The van der Waals surface area contributed by atoms with Crippen molar-refractivity contribution in [3.63, 3.8) is 0 Å². The van der Waals surface area contributed by atoms with E-state index in [0.717, 1.165) is 34.7 Å². The van der Waals surface area contributed by atoms with Crippen molar-refractivity contribution in [3.8, 4) is 5.88 Å². The number of aldehydes is 1. The van der Waals surface area contributed by atoms with Crippen LogP contribution in [0.1, 0.15) is 26.3 Å². The molecule has 1 saturated heterocycles. The van der Waals surface area contributed by atoms with Crippen molar-refractivity contribution in [2.45, 2.75) is 22.4 Å². The number of aromatic nitrogens is 2. The summed E-state index contributed by atoms with van der Waals surface area (Å²) in [6.45, 7) is 1.98. The maximum Gasteiger partial charge on any atom is 0.248 e. The van der Waals surface area contributed by atoms with Gasteiger partial charge in [0.2, 0.25) is 17.7 Å². The highest BCUT2D eigenvalue weighted by Crippen LogP contribution is 2.35. The number of amides is 1. The molecule has 0 saturated carbocycles. The van der Waals surface area contributed by atoms with Crippen molar-refractivity contribution >= 4 is 29.9 Å². The monoisotopic (exact) mass is 463 g/mol. The second-order valence-electron chi connectivity index (χ2n) is 8.00. The number of rotatable bonds is 9. The molecule has 4 rings (SSSR count). The fraction of sp³-hybridized carbons (Fsp3) is 0.250. The number of nitrogens with two attached hydrogens (primary N) is 1. The zero-order chi connectivity index (χ0) is 23.4. The maximum absolute atomic E-state index is 11.3. The van der Waals surface area contributed by atoms with Crippen molar-refractivity contribution in [1.29, 1.82) is 0 Å². The number of primary amides is 1. The largest absolute Gasteiger partial charge is 0.472 e. The molecule has 1 aliphatic rings.